The second kappa shape index (κ2) is 7.44. The minimum atomic E-state index is -0.640. The zero-order valence-electron chi connectivity index (χ0n) is 14.9. The van der Waals surface area contributed by atoms with Crippen LogP contribution in [0.4, 0.5) is 0 Å². The lowest BCUT2D eigenvalue weighted by Gasteiger charge is -2.33. The van der Waals surface area contributed by atoms with E-state index in [1.165, 1.54) is 18.9 Å². The Hall–Kier alpha value is -1.80. The molecule has 6 nitrogen and oxygen atoms in total. The standard InChI is InChI=1S/C18H19BrN2O4S/c1-5-13-16(22)21-15(11-8-10(19)6-7-12(11)24-3)14(17(23)25-4)9(2)20-18(21)26-13/h6-8,13,15H,5H2,1-4H3/t13-,15-/m0/s1. The molecule has 1 amide bonds. The summed E-state index contributed by atoms with van der Waals surface area (Å²) in [5, 5.41) is 0.401. The Kier molecular flexibility index (Phi) is 5.43. The highest BCUT2D eigenvalue weighted by atomic mass is 79.9. The van der Waals surface area contributed by atoms with Crippen LogP contribution in [0, 0.1) is 0 Å². The molecule has 0 radical (unpaired) electrons. The van der Waals surface area contributed by atoms with Crippen molar-refractivity contribution in [2.75, 3.05) is 14.2 Å². The van der Waals surface area contributed by atoms with Gasteiger partial charge >= 0.3 is 5.97 Å². The van der Waals surface area contributed by atoms with Gasteiger partial charge in [-0.25, -0.2) is 9.79 Å². The van der Waals surface area contributed by atoms with E-state index in [1.54, 1.807) is 25.0 Å². The molecular weight excluding hydrogens is 420 g/mol. The number of benzene rings is 1. The largest absolute Gasteiger partial charge is 0.496 e. The molecule has 1 fully saturated rings. The van der Waals surface area contributed by atoms with Crippen LogP contribution in [0.25, 0.3) is 0 Å². The number of carbonyl (C=O) groups excluding carboxylic acids is 2. The second-order valence-electron chi connectivity index (χ2n) is 5.90. The van der Waals surface area contributed by atoms with Gasteiger partial charge in [0.05, 0.1) is 30.7 Å². The number of ether oxygens (including phenoxy) is 2. The van der Waals surface area contributed by atoms with E-state index in [0.29, 0.717) is 34.2 Å². The maximum absolute atomic E-state index is 13.0. The van der Waals surface area contributed by atoms with Crippen molar-refractivity contribution >= 4 is 44.7 Å². The van der Waals surface area contributed by atoms with E-state index in [4.69, 9.17) is 9.47 Å². The number of amides is 1. The fourth-order valence-electron chi connectivity index (χ4n) is 3.17. The van der Waals surface area contributed by atoms with Gasteiger partial charge in [-0.1, -0.05) is 34.6 Å². The molecule has 2 atom stereocenters. The maximum atomic E-state index is 13.0. The van der Waals surface area contributed by atoms with Crippen LogP contribution in [0.3, 0.4) is 0 Å². The lowest BCUT2D eigenvalue weighted by Crippen LogP contribution is -2.40. The van der Waals surface area contributed by atoms with Gasteiger partial charge in [0.1, 0.15) is 11.8 Å². The molecule has 3 rings (SSSR count). The van der Waals surface area contributed by atoms with E-state index in [0.717, 1.165) is 4.47 Å². The molecule has 0 saturated carbocycles. The summed E-state index contributed by atoms with van der Waals surface area (Å²) in [6.07, 6.45) is 0.688. The first-order chi connectivity index (χ1) is 12.4. The van der Waals surface area contributed by atoms with Gasteiger partial charge in [-0.2, -0.15) is 0 Å². The smallest absolute Gasteiger partial charge is 0.338 e. The van der Waals surface area contributed by atoms with Crippen molar-refractivity contribution in [2.24, 2.45) is 4.99 Å². The van der Waals surface area contributed by atoms with Gasteiger partial charge in [0.25, 0.3) is 0 Å². The summed E-state index contributed by atoms with van der Waals surface area (Å²) in [6, 6.07) is 4.88. The molecule has 1 saturated heterocycles. The summed E-state index contributed by atoms with van der Waals surface area (Å²) in [5.74, 6) is 0.0265. The molecule has 0 bridgehead atoms. The molecule has 0 unspecified atom stereocenters. The topological polar surface area (TPSA) is 68.2 Å². The predicted molar refractivity (Wildman–Crippen MR) is 104 cm³/mol. The van der Waals surface area contributed by atoms with E-state index in [2.05, 4.69) is 20.9 Å². The fraction of sp³-hybridized carbons (Fsp3) is 0.389. The third-order valence-corrected chi connectivity index (χ3v) is 6.23. The number of amidine groups is 1. The zero-order valence-corrected chi connectivity index (χ0v) is 17.3. The van der Waals surface area contributed by atoms with Crippen molar-refractivity contribution in [3.05, 3.63) is 39.5 Å². The summed E-state index contributed by atoms with van der Waals surface area (Å²) in [5.41, 5.74) is 1.60. The van der Waals surface area contributed by atoms with E-state index in [-0.39, 0.29) is 11.2 Å². The van der Waals surface area contributed by atoms with Crippen molar-refractivity contribution < 1.29 is 19.1 Å². The Morgan fingerprint density at radius 3 is 2.73 bits per heavy atom. The Morgan fingerprint density at radius 2 is 2.12 bits per heavy atom. The molecule has 8 heteroatoms. The Balaban J connectivity index is 2.24. The maximum Gasteiger partial charge on any atom is 0.338 e. The summed E-state index contributed by atoms with van der Waals surface area (Å²) in [7, 11) is 2.89. The molecule has 2 heterocycles. The molecule has 2 aliphatic rings. The number of carbonyl (C=O) groups is 2. The van der Waals surface area contributed by atoms with Gasteiger partial charge < -0.3 is 9.47 Å². The van der Waals surface area contributed by atoms with E-state index >= 15 is 0 Å². The average Bonchev–Trinajstić information content (AvgIpc) is 2.95. The molecule has 26 heavy (non-hydrogen) atoms. The van der Waals surface area contributed by atoms with Crippen LogP contribution < -0.4 is 4.74 Å². The number of rotatable bonds is 4. The fourth-order valence-corrected chi connectivity index (χ4v) is 4.69. The number of thioether (sulfide) groups is 1. The number of methoxy groups -OCH3 is 2. The highest BCUT2D eigenvalue weighted by Gasteiger charge is 2.47. The first kappa shape index (κ1) is 19.0. The number of hydrogen-bond acceptors (Lipinski definition) is 6. The van der Waals surface area contributed by atoms with Crippen LogP contribution in [0.1, 0.15) is 31.9 Å². The molecule has 0 aliphatic carbocycles. The van der Waals surface area contributed by atoms with Crippen molar-refractivity contribution in [3.8, 4) is 5.75 Å². The van der Waals surface area contributed by atoms with Gasteiger partial charge in [0.2, 0.25) is 5.91 Å². The van der Waals surface area contributed by atoms with E-state index < -0.39 is 12.0 Å². The summed E-state index contributed by atoms with van der Waals surface area (Å²) in [6.45, 7) is 3.73. The SMILES string of the molecule is CC[C@@H]1SC2=NC(C)=C(C(=O)OC)[C@H](c3cc(Br)ccc3OC)N2C1=O. The average molecular weight is 439 g/mol. The van der Waals surface area contributed by atoms with Crippen molar-refractivity contribution in [1.29, 1.82) is 0 Å². The molecule has 2 aliphatic heterocycles. The van der Waals surface area contributed by atoms with Gasteiger partial charge in [-0.15, -0.1) is 0 Å². The lowest BCUT2D eigenvalue weighted by atomic mass is 9.93. The number of esters is 1. The molecule has 0 aromatic heterocycles. The normalized spacial score (nSPS) is 22.3. The van der Waals surface area contributed by atoms with Crippen LogP contribution in [0.2, 0.25) is 0 Å². The van der Waals surface area contributed by atoms with Crippen molar-refractivity contribution in [3.63, 3.8) is 0 Å². The van der Waals surface area contributed by atoms with E-state index in [9.17, 15) is 9.59 Å². The monoisotopic (exact) mass is 438 g/mol. The highest BCUT2D eigenvalue weighted by molar-refractivity contribution is 9.10. The van der Waals surface area contributed by atoms with Crippen molar-refractivity contribution in [1.82, 2.24) is 4.90 Å². The Labute approximate surface area is 164 Å². The molecule has 0 N–H and O–H groups in total. The molecule has 0 spiro atoms. The summed E-state index contributed by atoms with van der Waals surface area (Å²) in [4.78, 5) is 31.7. The van der Waals surface area contributed by atoms with Crippen LogP contribution in [-0.4, -0.2) is 41.4 Å². The zero-order chi connectivity index (χ0) is 19.0. The number of hydrogen-bond donors (Lipinski definition) is 0. The van der Waals surface area contributed by atoms with Gasteiger partial charge in [0, 0.05) is 10.0 Å². The number of aliphatic imine (C=N–C) groups is 1. The second-order valence-corrected chi connectivity index (χ2v) is 7.98. The minimum absolute atomic E-state index is 0.0582. The van der Waals surface area contributed by atoms with Gasteiger partial charge in [-0.3, -0.25) is 9.69 Å². The Bertz CT molecular complexity index is 836. The molecule has 138 valence electrons. The van der Waals surface area contributed by atoms with E-state index in [1.807, 2.05) is 19.1 Å². The van der Waals surface area contributed by atoms with Crippen LogP contribution in [0.5, 0.6) is 5.75 Å². The quantitative estimate of drug-likeness (QED) is 0.670. The lowest BCUT2D eigenvalue weighted by molar-refractivity contribution is -0.137. The first-order valence-electron chi connectivity index (χ1n) is 8.13. The number of fused-ring (bicyclic) bond motifs is 1. The summed E-state index contributed by atoms with van der Waals surface area (Å²) < 4.78 is 11.3. The number of halogens is 1. The number of nitrogens with zero attached hydrogens (tertiary/aromatic N) is 2. The summed E-state index contributed by atoms with van der Waals surface area (Å²) >= 11 is 4.90. The third-order valence-electron chi connectivity index (χ3n) is 4.41. The minimum Gasteiger partial charge on any atom is -0.496 e. The molecule has 1 aromatic rings. The molecular formula is C18H19BrN2O4S. The van der Waals surface area contributed by atoms with Gasteiger partial charge in [0.15, 0.2) is 5.17 Å². The number of allylic oxidation sites excluding steroid dienone is 1. The van der Waals surface area contributed by atoms with Crippen LogP contribution in [0.15, 0.2) is 38.9 Å². The third kappa shape index (κ3) is 3.05. The molecule has 1 aromatic carbocycles. The predicted octanol–water partition coefficient (Wildman–Crippen LogP) is 3.67. The van der Waals surface area contributed by atoms with Crippen LogP contribution >= 0.6 is 27.7 Å². The van der Waals surface area contributed by atoms with Gasteiger partial charge in [-0.05, 0) is 31.5 Å². The van der Waals surface area contributed by atoms with Crippen molar-refractivity contribution in [2.45, 2.75) is 31.6 Å². The Morgan fingerprint density at radius 1 is 1.38 bits per heavy atom. The first-order valence-corrected chi connectivity index (χ1v) is 9.81. The highest BCUT2D eigenvalue weighted by Crippen LogP contribution is 2.46. The van der Waals surface area contributed by atoms with Crippen LogP contribution in [-0.2, 0) is 14.3 Å².